The van der Waals surface area contributed by atoms with Crippen molar-refractivity contribution in [1.29, 1.82) is 0 Å². The van der Waals surface area contributed by atoms with E-state index in [9.17, 15) is 9.18 Å². The van der Waals surface area contributed by atoms with Crippen molar-refractivity contribution < 1.29 is 13.9 Å². The van der Waals surface area contributed by atoms with Crippen molar-refractivity contribution in [3.63, 3.8) is 0 Å². The third-order valence-electron chi connectivity index (χ3n) is 2.59. The molecule has 0 atom stereocenters. The summed E-state index contributed by atoms with van der Waals surface area (Å²) < 4.78 is 18.1. The maximum absolute atomic E-state index is 13.0. The smallest absolute Gasteiger partial charge is 0.340 e. The van der Waals surface area contributed by atoms with Crippen LogP contribution in [0.5, 0.6) is 0 Å². The largest absolute Gasteiger partial charge is 0.457 e. The van der Waals surface area contributed by atoms with Crippen LogP contribution in [0.2, 0.25) is 10.0 Å². The molecule has 20 heavy (non-hydrogen) atoms. The van der Waals surface area contributed by atoms with E-state index in [1.807, 2.05) is 0 Å². The van der Waals surface area contributed by atoms with Crippen molar-refractivity contribution in [2.24, 2.45) is 0 Å². The Bertz CT molecular complexity index is 662. The fourth-order valence-electron chi connectivity index (χ4n) is 1.56. The molecule has 0 aliphatic rings. The number of ether oxygens (including phenoxy) is 1. The van der Waals surface area contributed by atoms with E-state index in [-0.39, 0.29) is 22.9 Å². The molecule has 0 saturated heterocycles. The number of benzene rings is 2. The predicted molar refractivity (Wildman–Crippen MR) is 76.4 cm³/mol. The zero-order chi connectivity index (χ0) is 14.7. The number of esters is 1. The molecule has 0 saturated carbocycles. The molecule has 0 fully saturated rings. The summed E-state index contributed by atoms with van der Waals surface area (Å²) in [6.07, 6.45) is 0. The van der Waals surface area contributed by atoms with Gasteiger partial charge < -0.3 is 10.5 Å². The van der Waals surface area contributed by atoms with Crippen molar-refractivity contribution in [3.8, 4) is 0 Å². The number of halogens is 3. The van der Waals surface area contributed by atoms with E-state index in [1.54, 1.807) is 6.07 Å². The summed E-state index contributed by atoms with van der Waals surface area (Å²) >= 11 is 11.4. The Balaban J connectivity index is 2.08. The van der Waals surface area contributed by atoms with Crippen LogP contribution in [0.15, 0.2) is 36.4 Å². The van der Waals surface area contributed by atoms with E-state index in [1.165, 1.54) is 30.3 Å². The van der Waals surface area contributed by atoms with E-state index in [4.69, 9.17) is 33.7 Å². The molecule has 104 valence electrons. The molecule has 2 aromatic rings. The van der Waals surface area contributed by atoms with Crippen molar-refractivity contribution >= 4 is 34.9 Å². The minimum Gasteiger partial charge on any atom is -0.457 e. The molecule has 6 heteroatoms. The number of carbonyl (C=O) groups is 1. The zero-order valence-electron chi connectivity index (χ0n) is 10.2. The maximum atomic E-state index is 13.0. The molecule has 0 bridgehead atoms. The van der Waals surface area contributed by atoms with Gasteiger partial charge in [-0.1, -0.05) is 29.3 Å². The van der Waals surface area contributed by atoms with Crippen LogP contribution in [0.4, 0.5) is 10.1 Å². The first-order valence-electron chi connectivity index (χ1n) is 5.63. The molecule has 0 unspecified atom stereocenters. The van der Waals surface area contributed by atoms with Crippen molar-refractivity contribution in [2.75, 3.05) is 5.73 Å². The quantitative estimate of drug-likeness (QED) is 0.686. The van der Waals surface area contributed by atoms with Crippen LogP contribution in [0.25, 0.3) is 0 Å². The molecule has 2 aromatic carbocycles. The number of hydrogen-bond donors (Lipinski definition) is 1. The monoisotopic (exact) mass is 313 g/mol. The van der Waals surface area contributed by atoms with Crippen LogP contribution in [0.1, 0.15) is 15.9 Å². The van der Waals surface area contributed by atoms with Gasteiger partial charge in [-0.3, -0.25) is 0 Å². The Hall–Kier alpha value is -1.78. The Kier molecular flexibility index (Phi) is 4.47. The van der Waals surface area contributed by atoms with Gasteiger partial charge in [0.1, 0.15) is 12.4 Å². The molecule has 2 rings (SSSR count). The average molecular weight is 314 g/mol. The van der Waals surface area contributed by atoms with Gasteiger partial charge in [0.15, 0.2) is 0 Å². The molecule has 0 aliphatic heterocycles. The fraction of sp³-hybridized carbons (Fsp3) is 0.0714. The average Bonchev–Trinajstić information content (AvgIpc) is 2.42. The van der Waals surface area contributed by atoms with Crippen LogP contribution in [0, 0.1) is 5.82 Å². The lowest BCUT2D eigenvalue weighted by Crippen LogP contribution is -2.08. The number of nitrogen functional groups attached to an aromatic ring is 1. The van der Waals surface area contributed by atoms with Gasteiger partial charge in [-0.05, 0) is 35.9 Å². The first-order chi connectivity index (χ1) is 9.47. The molecular formula is C14H10Cl2FNO2. The van der Waals surface area contributed by atoms with E-state index in [0.29, 0.717) is 10.6 Å². The highest BCUT2D eigenvalue weighted by atomic mass is 35.5. The van der Waals surface area contributed by atoms with Gasteiger partial charge in [0.05, 0.1) is 10.6 Å². The summed E-state index contributed by atoms with van der Waals surface area (Å²) in [5.41, 5.74) is 6.71. The number of carbonyl (C=O) groups excluding carboxylic acids is 1. The topological polar surface area (TPSA) is 52.3 Å². The first-order valence-corrected chi connectivity index (χ1v) is 6.39. The zero-order valence-corrected chi connectivity index (χ0v) is 11.7. The highest BCUT2D eigenvalue weighted by Crippen LogP contribution is 2.20. The lowest BCUT2D eigenvalue weighted by atomic mass is 10.2. The Morgan fingerprint density at radius 3 is 2.65 bits per heavy atom. The van der Waals surface area contributed by atoms with Crippen molar-refractivity contribution in [3.05, 3.63) is 63.4 Å². The Labute approximate surface area is 125 Å². The second-order valence-electron chi connectivity index (χ2n) is 4.06. The number of hydrogen-bond acceptors (Lipinski definition) is 3. The number of rotatable bonds is 3. The molecule has 0 aliphatic carbocycles. The van der Waals surface area contributed by atoms with E-state index in [2.05, 4.69) is 0 Å². The Morgan fingerprint density at radius 2 is 1.95 bits per heavy atom. The normalized spacial score (nSPS) is 10.3. The summed E-state index contributed by atoms with van der Waals surface area (Å²) in [4.78, 5) is 11.9. The second-order valence-corrected chi connectivity index (χ2v) is 4.90. The molecule has 0 heterocycles. The summed E-state index contributed by atoms with van der Waals surface area (Å²) in [6, 6.07) is 8.61. The molecular weight excluding hydrogens is 304 g/mol. The van der Waals surface area contributed by atoms with Crippen LogP contribution < -0.4 is 5.73 Å². The standard InChI is InChI=1S/C14H10Cl2FNO2/c15-9-2-4-13(18)10(6-9)14(19)20-7-8-1-3-12(17)11(16)5-8/h1-6H,7,18H2. The van der Waals surface area contributed by atoms with E-state index >= 15 is 0 Å². The molecule has 0 amide bonds. The van der Waals surface area contributed by atoms with Gasteiger partial charge in [0.25, 0.3) is 0 Å². The van der Waals surface area contributed by atoms with E-state index in [0.717, 1.165) is 0 Å². The Morgan fingerprint density at radius 1 is 1.20 bits per heavy atom. The lowest BCUT2D eigenvalue weighted by molar-refractivity contribution is 0.0474. The third-order valence-corrected chi connectivity index (χ3v) is 3.11. The van der Waals surface area contributed by atoms with Crippen LogP contribution in [0.3, 0.4) is 0 Å². The van der Waals surface area contributed by atoms with Crippen LogP contribution >= 0.6 is 23.2 Å². The predicted octanol–water partition coefficient (Wildman–Crippen LogP) is 4.07. The van der Waals surface area contributed by atoms with Gasteiger partial charge >= 0.3 is 5.97 Å². The molecule has 0 spiro atoms. The first kappa shape index (κ1) is 14.6. The second kappa shape index (κ2) is 6.11. The fourth-order valence-corrected chi connectivity index (χ4v) is 1.94. The lowest BCUT2D eigenvalue weighted by Gasteiger charge is -2.08. The van der Waals surface area contributed by atoms with E-state index < -0.39 is 11.8 Å². The highest BCUT2D eigenvalue weighted by molar-refractivity contribution is 6.31. The van der Waals surface area contributed by atoms with Crippen LogP contribution in [-0.2, 0) is 11.3 Å². The van der Waals surface area contributed by atoms with Gasteiger partial charge in [-0.2, -0.15) is 0 Å². The van der Waals surface area contributed by atoms with Crippen molar-refractivity contribution in [1.82, 2.24) is 0 Å². The number of anilines is 1. The third kappa shape index (κ3) is 3.40. The highest BCUT2D eigenvalue weighted by Gasteiger charge is 2.12. The van der Waals surface area contributed by atoms with Crippen LogP contribution in [-0.4, -0.2) is 5.97 Å². The summed E-state index contributed by atoms with van der Waals surface area (Å²) in [5.74, 6) is -1.13. The van der Waals surface area contributed by atoms with Crippen molar-refractivity contribution in [2.45, 2.75) is 6.61 Å². The minimum absolute atomic E-state index is 0.0270. The van der Waals surface area contributed by atoms with Gasteiger partial charge in [0.2, 0.25) is 0 Å². The molecule has 0 aromatic heterocycles. The van der Waals surface area contributed by atoms with Gasteiger partial charge in [-0.25, -0.2) is 9.18 Å². The number of nitrogens with two attached hydrogens (primary N) is 1. The van der Waals surface area contributed by atoms with Gasteiger partial charge in [0, 0.05) is 10.7 Å². The molecule has 3 nitrogen and oxygen atoms in total. The minimum atomic E-state index is -0.606. The SMILES string of the molecule is Nc1ccc(Cl)cc1C(=O)OCc1ccc(F)c(Cl)c1. The summed E-state index contributed by atoms with van der Waals surface area (Å²) in [5, 5.41) is 0.358. The maximum Gasteiger partial charge on any atom is 0.340 e. The van der Waals surface area contributed by atoms with Gasteiger partial charge in [-0.15, -0.1) is 0 Å². The summed E-state index contributed by atoms with van der Waals surface area (Å²) in [6.45, 7) is -0.0369. The molecule has 0 radical (unpaired) electrons. The molecule has 2 N–H and O–H groups in total. The summed E-state index contributed by atoms with van der Waals surface area (Å²) in [7, 11) is 0.